The number of halogens is 1. The van der Waals surface area contributed by atoms with Crippen molar-refractivity contribution in [3.05, 3.63) is 71.4 Å². The summed E-state index contributed by atoms with van der Waals surface area (Å²) in [5.74, 6) is 0.218. The van der Waals surface area contributed by atoms with Gasteiger partial charge in [0.05, 0.1) is 5.69 Å². The second-order valence-corrected chi connectivity index (χ2v) is 6.12. The molecular formula is C20H13ClN4. The number of H-pyrrole nitrogens is 1. The zero-order valence-corrected chi connectivity index (χ0v) is 13.9. The number of nitrogens with one attached hydrogen (secondary N) is 1. The van der Waals surface area contributed by atoms with Gasteiger partial charge in [-0.1, -0.05) is 41.9 Å². The summed E-state index contributed by atoms with van der Waals surface area (Å²) in [6.45, 7) is 0. The fourth-order valence-electron chi connectivity index (χ4n) is 2.96. The van der Waals surface area contributed by atoms with Crippen molar-refractivity contribution in [3.8, 4) is 28.5 Å². The third kappa shape index (κ3) is 2.61. The van der Waals surface area contributed by atoms with E-state index in [0.29, 0.717) is 16.3 Å². The molecule has 0 bridgehead atoms. The fraction of sp³-hybridized carbons (Fsp3) is 0. The first-order valence-corrected chi connectivity index (χ1v) is 8.08. The molecule has 0 saturated heterocycles. The lowest BCUT2D eigenvalue weighted by Gasteiger charge is -2.10. The number of rotatable bonds is 2. The maximum absolute atomic E-state index is 9.57. The SMILES string of the molecule is N#Cc1c(-c2c[nH]c3ccccc23)cc(-c2ccc(Cl)cc2)nc1N. The summed E-state index contributed by atoms with van der Waals surface area (Å²) < 4.78 is 0. The maximum Gasteiger partial charge on any atom is 0.142 e. The predicted octanol–water partition coefficient (Wildman–Crippen LogP) is 5.00. The van der Waals surface area contributed by atoms with Crippen molar-refractivity contribution < 1.29 is 0 Å². The van der Waals surface area contributed by atoms with Gasteiger partial charge in [0, 0.05) is 38.8 Å². The lowest BCUT2D eigenvalue weighted by Crippen LogP contribution is -1.99. The molecule has 0 fully saturated rings. The van der Waals surface area contributed by atoms with Crippen molar-refractivity contribution in [2.24, 2.45) is 0 Å². The van der Waals surface area contributed by atoms with Crippen LogP contribution in [0.4, 0.5) is 5.82 Å². The summed E-state index contributed by atoms with van der Waals surface area (Å²) in [5, 5.41) is 11.3. The molecule has 3 N–H and O–H groups in total. The third-order valence-corrected chi connectivity index (χ3v) is 4.43. The van der Waals surface area contributed by atoms with Gasteiger partial charge < -0.3 is 10.7 Å². The standard InChI is InChI=1S/C20H13ClN4/c21-13-7-5-12(6-8-13)19-9-15(16(10-22)20(23)25-19)17-11-24-18-4-2-1-3-14(17)18/h1-9,11,24H,(H2,23,25). The molecule has 25 heavy (non-hydrogen) atoms. The Bertz CT molecular complexity index is 1120. The van der Waals surface area contributed by atoms with Gasteiger partial charge in [-0.05, 0) is 24.3 Å². The first-order valence-electron chi connectivity index (χ1n) is 7.70. The molecule has 0 spiro atoms. The highest BCUT2D eigenvalue weighted by Crippen LogP contribution is 2.35. The van der Waals surface area contributed by atoms with Crippen LogP contribution in [0.1, 0.15) is 5.56 Å². The molecule has 0 aliphatic heterocycles. The minimum Gasteiger partial charge on any atom is -0.383 e. The van der Waals surface area contributed by atoms with Crippen LogP contribution < -0.4 is 5.73 Å². The number of nitrogen functional groups attached to an aromatic ring is 1. The number of benzene rings is 2. The maximum atomic E-state index is 9.57. The van der Waals surface area contributed by atoms with Crippen LogP contribution >= 0.6 is 11.6 Å². The summed E-state index contributed by atoms with van der Waals surface area (Å²) in [4.78, 5) is 7.63. The van der Waals surface area contributed by atoms with Gasteiger partial charge in [-0.25, -0.2) is 4.98 Å². The highest BCUT2D eigenvalue weighted by atomic mass is 35.5. The van der Waals surface area contributed by atoms with E-state index in [2.05, 4.69) is 16.0 Å². The van der Waals surface area contributed by atoms with E-state index in [-0.39, 0.29) is 5.82 Å². The van der Waals surface area contributed by atoms with Crippen molar-refractivity contribution in [1.82, 2.24) is 9.97 Å². The molecule has 0 aliphatic carbocycles. The van der Waals surface area contributed by atoms with Crippen molar-refractivity contribution in [2.45, 2.75) is 0 Å². The fourth-order valence-corrected chi connectivity index (χ4v) is 3.08. The molecule has 2 aromatic carbocycles. The molecule has 120 valence electrons. The van der Waals surface area contributed by atoms with Crippen LogP contribution in [0.25, 0.3) is 33.3 Å². The van der Waals surface area contributed by atoms with Crippen LogP contribution in [0, 0.1) is 11.3 Å². The number of nitrogens with two attached hydrogens (primary N) is 1. The van der Waals surface area contributed by atoms with E-state index in [1.54, 1.807) is 12.1 Å². The van der Waals surface area contributed by atoms with Crippen LogP contribution in [0.15, 0.2) is 60.8 Å². The van der Waals surface area contributed by atoms with E-state index in [1.807, 2.05) is 48.7 Å². The Kier molecular flexibility index (Phi) is 3.64. The minimum atomic E-state index is 0.218. The van der Waals surface area contributed by atoms with E-state index >= 15 is 0 Å². The summed E-state index contributed by atoms with van der Waals surface area (Å²) in [7, 11) is 0. The van der Waals surface area contributed by atoms with E-state index < -0.39 is 0 Å². The molecule has 4 nitrogen and oxygen atoms in total. The van der Waals surface area contributed by atoms with Gasteiger partial charge in [-0.3, -0.25) is 0 Å². The molecule has 0 atom stereocenters. The van der Waals surface area contributed by atoms with E-state index in [1.165, 1.54) is 0 Å². The zero-order chi connectivity index (χ0) is 17.4. The average Bonchev–Trinajstić information content (AvgIpc) is 3.05. The summed E-state index contributed by atoms with van der Waals surface area (Å²) >= 11 is 5.96. The number of aromatic amines is 1. The molecule has 0 saturated carbocycles. The number of pyridine rings is 1. The molecule has 0 amide bonds. The molecule has 5 heteroatoms. The molecule has 2 heterocycles. The largest absolute Gasteiger partial charge is 0.383 e. The van der Waals surface area contributed by atoms with Gasteiger partial charge >= 0.3 is 0 Å². The van der Waals surface area contributed by atoms with E-state index in [4.69, 9.17) is 17.3 Å². The number of hydrogen-bond donors (Lipinski definition) is 2. The topological polar surface area (TPSA) is 78.5 Å². The Morgan fingerprint density at radius 1 is 1.04 bits per heavy atom. The molecule has 0 radical (unpaired) electrons. The van der Waals surface area contributed by atoms with E-state index in [0.717, 1.165) is 27.6 Å². The number of fused-ring (bicyclic) bond motifs is 1. The normalized spacial score (nSPS) is 10.7. The molecule has 0 aliphatic rings. The lowest BCUT2D eigenvalue weighted by molar-refractivity contribution is 1.31. The highest BCUT2D eigenvalue weighted by Gasteiger charge is 2.16. The number of aromatic nitrogens is 2. The number of para-hydroxylation sites is 1. The Labute approximate surface area is 149 Å². The highest BCUT2D eigenvalue weighted by molar-refractivity contribution is 6.30. The molecule has 2 aromatic heterocycles. The Morgan fingerprint density at radius 3 is 2.56 bits per heavy atom. The zero-order valence-electron chi connectivity index (χ0n) is 13.1. The Hall–Kier alpha value is -3.29. The first-order chi connectivity index (χ1) is 12.2. The smallest absolute Gasteiger partial charge is 0.142 e. The van der Waals surface area contributed by atoms with Gasteiger partial charge in [0.2, 0.25) is 0 Å². The summed E-state index contributed by atoms with van der Waals surface area (Å²) in [5.41, 5.74) is 10.7. The second-order valence-electron chi connectivity index (χ2n) is 5.68. The average molecular weight is 345 g/mol. The molecule has 4 aromatic rings. The van der Waals surface area contributed by atoms with Gasteiger partial charge in [0.1, 0.15) is 17.5 Å². The number of hydrogen-bond acceptors (Lipinski definition) is 3. The number of nitriles is 1. The number of nitrogens with zero attached hydrogens (tertiary/aromatic N) is 2. The van der Waals surface area contributed by atoms with Crippen LogP contribution in [0.3, 0.4) is 0 Å². The Balaban J connectivity index is 1.98. The van der Waals surface area contributed by atoms with Gasteiger partial charge in [0.25, 0.3) is 0 Å². The summed E-state index contributed by atoms with van der Waals surface area (Å²) in [6, 6.07) is 19.4. The van der Waals surface area contributed by atoms with Gasteiger partial charge in [-0.15, -0.1) is 0 Å². The van der Waals surface area contributed by atoms with Gasteiger partial charge in [-0.2, -0.15) is 5.26 Å². The number of anilines is 1. The minimum absolute atomic E-state index is 0.218. The van der Waals surface area contributed by atoms with E-state index in [9.17, 15) is 5.26 Å². The van der Waals surface area contributed by atoms with Crippen LogP contribution in [0.2, 0.25) is 5.02 Å². The molecule has 4 rings (SSSR count). The van der Waals surface area contributed by atoms with Gasteiger partial charge in [0.15, 0.2) is 0 Å². The second kappa shape index (κ2) is 5.97. The van der Waals surface area contributed by atoms with Crippen LogP contribution in [-0.2, 0) is 0 Å². The summed E-state index contributed by atoms with van der Waals surface area (Å²) in [6.07, 6.45) is 1.89. The van der Waals surface area contributed by atoms with Crippen LogP contribution in [-0.4, -0.2) is 9.97 Å². The third-order valence-electron chi connectivity index (χ3n) is 4.18. The first kappa shape index (κ1) is 15.3. The lowest BCUT2D eigenvalue weighted by atomic mass is 9.98. The predicted molar refractivity (Wildman–Crippen MR) is 101 cm³/mol. The van der Waals surface area contributed by atoms with Crippen molar-refractivity contribution >= 4 is 28.3 Å². The van der Waals surface area contributed by atoms with Crippen molar-refractivity contribution in [1.29, 1.82) is 5.26 Å². The van der Waals surface area contributed by atoms with Crippen molar-refractivity contribution in [2.75, 3.05) is 5.73 Å². The quantitative estimate of drug-likeness (QED) is 0.536. The molecular weight excluding hydrogens is 332 g/mol. The molecule has 0 unspecified atom stereocenters. The van der Waals surface area contributed by atoms with Crippen molar-refractivity contribution in [3.63, 3.8) is 0 Å². The van der Waals surface area contributed by atoms with Crippen LogP contribution in [0.5, 0.6) is 0 Å². The Morgan fingerprint density at radius 2 is 1.80 bits per heavy atom. The monoisotopic (exact) mass is 344 g/mol.